The fraction of sp³-hybridized carbons (Fsp3) is 0. The number of benzene rings is 8. The lowest BCUT2D eigenvalue weighted by atomic mass is 9.87. The van der Waals surface area contributed by atoms with Crippen LogP contribution in [0.15, 0.2) is 185 Å². The van der Waals surface area contributed by atoms with Gasteiger partial charge in [0, 0.05) is 49.1 Å². The van der Waals surface area contributed by atoms with Gasteiger partial charge in [-0.05, 0) is 70.8 Å². The number of rotatable bonds is 4. The molecule has 11 rings (SSSR count). The minimum Gasteiger partial charge on any atom is -0.452 e. The maximum absolute atomic E-state index is 6.82. The summed E-state index contributed by atoms with van der Waals surface area (Å²) in [5.74, 6) is 0. The molecule has 238 valence electrons. The van der Waals surface area contributed by atoms with Crippen LogP contribution in [0.1, 0.15) is 0 Å². The Kier molecular flexibility index (Phi) is 5.96. The number of hydrogen-bond acceptors (Lipinski definition) is 2. The molecule has 0 radical (unpaired) electrons. The second kappa shape index (κ2) is 10.8. The molecule has 0 saturated carbocycles. The third kappa shape index (κ3) is 4.12. The first-order valence-corrected chi connectivity index (χ1v) is 17.4. The molecule has 3 heteroatoms. The summed E-state index contributed by atoms with van der Waals surface area (Å²) in [6.07, 6.45) is 0. The maximum Gasteiger partial charge on any atom is 0.179 e. The molecule has 0 bridgehead atoms. The van der Waals surface area contributed by atoms with Gasteiger partial charge in [0.15, 0.2) is 11.2 Å². The SMILES string of the molecule is c1ccc(-c2c(-c3ccccc3)c3c4cc(-c5ccc6c(c5)c5ccccc5n6-c5ccccc5)ccc4oc3c3oc4ccccc4c23)cc1. The molecule has 3 heterocycles. The summed E-state index contributed by atoms with van der Waals surface area (Å²) < 4.78 is 15.9. The van der Waals surface area contributed by atoms with Gasteiger partial charge < -0.3 is 13.4 Å². The average molecular weight is 652 g/mol. The fourth-order valence-corrected chi connectivity index (χ4v) is 8.18. The first-order valence-electron chi connectivity index (χ1n) is 17.4. The van der Waals surface area contributed by atoms with Gasteiger partial charge in [-0.3, -0.25) is 0 Å². The van der Waals surface area contributed by atoms with Crippen molar-refractivity contribution in [3.63, 3.8) is 0 Å². The van der Waals surface area contributed by atoms with Gasteiger partial charge in [0.1, 0.15) is 11.2 Å². The van der Waals surface area contributed by atoms with Crippen molar-refractivity contribution in [3.05, 3.63) is 176 Å². The Bertz CT molecular complexity index is 3110. The lowest BCUT2D eigenvalue weighted by Crippen LogP contribution is -1.92. The van der Waals surface area contributed by atoms with Gasteiger partial charge in [0.05, 0.1) is 11.0 Å². The van der Waals surface area contributed by atoms with Gasteiger partial charge >= 0.3 is 0 Å². The molecule has 0 aliphatic rings. The van der Waals surface area contributed by atoms with Gasteiger partial charge in [0.2, 0.25) is 0 Å². The van der Waals surface area contributed by atoms with Crippen molar-refractivity contribution in [2.24, 2.45) is 0 Å². The highest BCUT2D eigenvalue weighted by Gasteiger charge is 2.26. The highest BCUT2D eigenvalue weighted by molar-refractivity contribution is 6.30. The van der Waals surface area contributed by atoms with Gasteiger partial charge in [-0.2, -0.15) is 0 Å². The summed E-state index contributed by atoms with van der Waals surface area (Å²) in [4.78, 5) is 0. The summed E-state index contributed by atoms with van der Waals surface area (Å²) in [7, 11) is 0. The summed E-state index contributed by atoms with van der Waals surface area (Å²) in [5, 5.41) is 6.73. The first-order chi connectivity index (χ1) is 25.3. The van der Waals surface area contributed by atoms with Crippen molar-refractivity contribution < 1.29 is 8.83 Å². The molecule has 0 unspecified atom stereocenters. The number of nitrogens with zero attached hydrogens (tertiary/aromatic N) is 1. The predicted octanol–water partition coefficient (Wildman–Crippen LogP) is 13.6. The van der Waals surface area contributed by atoms with Crippen LogP contribution in [0.5, 0.6) is 0 Å². The smallest absolute Gasteiger partial charge is 0.179 e. The van der Waals surface area contributed by atoms with Crippen LogP contribution in [0.4, 0.5) is 0 Å². The van der Waals surface area contributed by atoms with E-state index in [1.165, 1.54) is 21.8 Å². The lowest BCUT2D eigenvalue weighted by molar-refractivity contribution is 0.633. The van der Waals surface area contributed by atoms with E-state index in [1.807, 2.05) is 12.1 Å². The van der Waals surface area contributed by atoms with E-state index in [2.05, 4.69) is 168 Å². The molecule has 0 spiro atoms. The number of furan rings is 2. The van der Waals surface area contributed by atoms with E-state index in [0.717, 1.165) is 82.9 Å². The number of aromatic nitrogens is 1. The Morgan fingerprint density at radius 2 is 0.824 bits per heavy atom. The fourth-order valence-electron chi connectivity index (χ4n) is 8.18. The van der Waals surface area contributed by atoms with Gasteiger partial charge in [-0.1, -0.05) is 127 Å². The monoisotopic (exact) mass is 651 g/mol. The van der Waals surface area contributed by atoms with Crippen LogP contribution >= 0.6 is 0 Å². The summed E-state index contributed by atoms with van der Waals surface area (Å²) in [5.41, 5.74) is 13.6. The van der Waals surface area contributed by atoms with Crippen LogP contribution in [0.25, 0.3) is 105 Å². The summed E-state index contributed by atoms with van der Waals surface area (Å²) in [6, 6.07) is 62.4. The molecule has 0 N–H and O–H groups in total. The topological polar surface area (TPSA) is 31.2 Å². The molecule has 8 aromatic carbocycles. The molecule has 3 nitrogen and oxygen atoms in total. The molecule has 51 heavy (non-hydrogen) atoms. The van der Waals surface area contributed by atoms with Gasteiger partial charge in [-0.15, -0.1) is 0 Å². The Labute approximate surface area is 293 Å². The van der Waals surface area contributed by atoms with Crippen molar-refractivity contribution in [3.8, 4) is 39.1 Å². The van der Waals surface area contributed by atoms with Crippen LogP contribution in [0, 0.1) is 0 Å². The highest BCUT2D eigenvalue weighted by atomic mass is 16.4. The molecule has 0 saturated heterocycles. The molecule has 11 aromatic rings. The summed E-state index contributed by atoms with van der Waals surface area (Å²) in [6.45, 7) is 0. The zero-order chi connectivity index (χ0) is 33.5. The van der Waals surface area contributed by atoms with E-state index in [-0.39, 0.29) is 0 Å². The van der Waals surface area contributed by atoms with Crippen molar-refractivity contribution in [2.45, 2.75) is 0 Å². The molecule has 0 aliphatic heterocycles. The van der Waals surface area contributed by atoms with E-state index < -0.39 is 0 Å². The van der Waals surface area contributed by atoms with Crippen LogP contribution in [-0.2, 0) is 0 Å². The minimum absolute atomic E-state index is 0.772. The number of fused-ring (bicyclic) bond motifs is 10. The van der Waals surface area contributed by atoms with Gasteiger partial charge in [0.25, 0.3) is 0 Å². The van der Waals surface area contributed by atoms with Crippen molar-refractivity contribution in [1.29, 1.82) is 0 Å². The second-order valence-corrected chi connectivity index (χ2v) is 13.2. The third-order valence-corrected chi connectivity index (χ3v) is 10.4. The van der Waals surface area contributed by atoms with Crippen LogP contribution in [-0.4, -0.2) is 4.57 Å². The highest BCUT2D eigenvalue weighted by Crippen LogP contribution is 2.51. The number of hydrogen-bond donors (Lipinski definition) is 0. The van der Waals surface area contributed by atoms with Crippen molar-refractivity contribution >= 4 is 65.7 Å². The zero-order valence-corrected chi connectivity index (χ0v) is 27.5. The Balaban J connectivity index is 1.23. The van der Waals surface area contributed by atoms with E-state index >= 15 is 0 Å². The minimum atomic E-state index is 0.772. The Morgan fingerprint density at radius 1 is 0.333 bits per heavy atom. The average Bonchev–Trinajstić information content (AvgIpc) is 3.88. The third-order valence-electron chi connectivity index (χ3n) is 10.4. The Morgan fingerprint density at radius 3 is 1.51 bits per heavy atom. The molecular weight excluding hydrogens is 623 g/mol. The first kappa shape index (κ1) is 28.0. The quantitative estimate of drug-likeness (QED) is 0.190. The van der Waals surface area contributed by atoms with Gasteiger partial charge in [-0.25, -0.2) is 0 Å². The molecule has 0 aliphatic carbocycles. The lowest BCUT2D eigenvalue weighted by Gasteiger charge is -2.14. The van der Waals surface area contributed by atoms with E-state index in [4.69, 9.17) is 8.83 Å². The predicted molar refractivity (Wildman–Crippen MR) is 212 cm³/mol. The normalized spacial score (nSPS) is 11.9. The van der Waals surface area contributed by atoms with E-state index in [1.54, 1.807) is 0 Å². The van der Waals surface area contributed by atoms with Crippen LogP contribution < -0.4 is 0 Å². The largest absolute Gasteiger partial charge is 0.452 e. The molecule has 0 amide bonds. The number of para-hydroxylation sites is 3. The second-order valence-electron chi connectivity index (χ2n) is 13.2. The molecular formula is C48H29NO2. The van der Waals surface area contributed by atoms with Crippen molar-refractivity contribution in [2.75, 3.05) is 0 Å². The zero-order valence-electron chi connectivity index (χ0n) is 27.5. The molecule has 0 fully saturated rings. The summed E-state index contributed by atoms with van der Waals surface area (Å²) >= 11 is 0. The Hall–Kier alpha value is -6.84. The molecule has 0 atom stereocenters. The maximum atomic E-state index is 6.82. The standard InChI is InChI=1S/C48H29NO2/c1-4-14-30(15-5-1)43-44(31-16-6-2-7-17-31)46-38-29-33(25-27-42(38)51-48(46)47-45(43)36-21-11-13-23-41(36)50-47)32-24-26-40-37(28-32)35-20-10-12-22-39(35)49(40)34-18-8-3-9-19-34/h1-29H. The van der Waals surface area contributed by atoms with E-state index in [9.17, 15) is 0 Å². The van der Waals surface area contributed by atoms with Crippen LogP contribution in [0.3, 0.4) is 0 Å². The molecule has 3 aromatic heterocycles. The van der Waals surface area contributed by atoms with E-state index in [0.29, 0.717) is 0 Å². The van der Waals surface area contributed by atoms with Crippen LogP contribution in [0.2, 0.25) is 0 Å². The van der Waals surface area contributed by atoms with Crippen molar-refractivity contribution in [1.82, 2.24) is 4.57 Å².